The van der Waals surface area contributed by atoms with Crippen molar-refractivity contribution in [2.45, 2.75) is 62.9 Å². The number of carbonyl (C=O) groups is 2. The molecule has 0 radical (unpaired) electrons. The first-order valence-corrected chi connectivity index (χ1v) is 6.90. The van der Waals surface area contributed by atoms with Crippen LogP contribution in [0.1, 0.15) is 51.4 Å². The molecule has 2 aliphatic rings. The van der Waals surface area contributed by atoms with Crippen LogP contribution in [0.4, 0.5) is 0 Å². The minimum absolute atomic E-state index is 0.126. The molecule has 3 N–H and O–H groups in total. The maximum Gasteiger partial charge on any atom is 0.329 e. The maximum atomic E-state index is 12.0. The summed E-state index contributed by atoms with van der Waals surface area (Å²) in [7, 11) is 0. The van der Waals surface area contributed by atoms with Crippen LogP contribution in [-0.2, 0) is 9.59 Å². The van der Waals surface area contributed by atoms with Crippen LogP contribution < -0.4 is 10.6 Å². The van der Waals surface area contributed by atoms with E-state index in [1.807, 2.05) is 0 Å². The highest BCUT2D eigenvalue weighted by atomic mass is 16.4. The quantitative estimate of drug-likeness (QED) is 0.700. The Balaban J connectivity index is 1.91. The van der Waals surface area contributed by atoms with Gasteiger partial charge in [-0.2, -0.15) is 0 Å². The van der Waals surface area contributed by atoms with Crippen molar-refractivity contribution in [2.24, 2.45) is 0 Å². The molecule has 1 heterocycles. The normalized spacial score (nSPS) is 26.8. The summed E-state index contributed by atoms with van der Waals surface area (Å²) in [6.07, 6.45) is 6.46. The molecule has 1 aliphatic heterocycles. The highest BCUT2D eigenvalue weighted by molar-refractivity contribution is 5.87. The van der Waals surface area contributed by atoms with Crippen molar-refractivity contribution in [2.75, 3.05) is 6.54 Å². The third-order valence-corrected chi connectivity index (χ3v) is 4.09. The molecule has 0 spiro atoms. The molecule has 0 bridgehead atoms. The highest BCUT2D eigenvalue weighted by Gasteiger charge is 2.41. The van der Waals surface area contributed by atoms with Crippen LogP contribution in [-0.4, -0.2) is 35.1 Å². The van der Waals surface area contributed by atoms with Crippen molar-refractivity contribution in [3.63, 3.8) is 0 Å². The minimum atomic E-state index is -1.01. The fraction of sp³-hybridized carbons (Fsp3) is 0.846. The van der Waals surface area contributed by atoms with Gasteiger partial charge in [-0.25, -0.2) is 4.79 Å². The van der Waals surface area contributed by atoms with E-state index < -0.39 is 11.5 Å². The average molecular weight is 254 g/mol. The predicted molar refractivity (Wildman–Crippen MR) is 67.2 cm³/mol. The zero-order valence-corrected chi connectivity index (χ0v) is 10.7. The second kappa shape index (κ2) is 5.69. The number of hydrogen-bond acceptors (Lipinski definition) is 3. The number of carbonyl (C=O) groups excluding carboxylic acids is 1. The Morgan fingerprint density at radius 3 is 2.50 bits per heavy atom. The fourth-order valence-corrected chi connectivity index (χ4v) is 3.02. The average Bonchev–Trinajstić information content (AvgIpc) is 2.82. The lowest BCUT2D eigenvalue weighted by Gasteiger charge is -2.34. The molecule has 1 unspecified atom stereocenters. The van der Waals surface area contributed by atoms with Gasteiger partial charge in [-0.1, -0.05) is 19.3 Å². The SMILES string of the molecule is O=C(CC1CCCN1)NC1(C(=O)O)CCCCC1. The van der Waals surface area contributed by atoms with Crippen LogP contribution in [0.15, 0.2) is 0 Å². The van der Waals surface area contributed by atoms with E-state index in [4.69, 9.17) is 0 Å². The largest absolute Gasteiger partial charge is 0.480 e. The first kappa shape index (κ1) is 13.3. The number of hydrogen-bond donors (Lipinski definition) is 3. The van der Waals surface area contributed by atoms with Gasteiger partial charge in [0.1, 0.15) is 5.54 Å². The first-order valence-electron chi connectivity index (χ1n) is 6.90. The van der Waals surface area contributed by atoms with Gasteiger partial charge >= 0.3 is 5.97 Å². The molecule has 0 aromatic heterocycles. The molecule has 5 heteroatoms. The van der Waals surface area contributed by atoms with Crippen molar-refractivity contribution in [3.05, 3.63) is 0 Å². The van der Waals surface area contributed by atoms with Crippen LogP contribution in [0.2, 0.25) is 0 Å². The molecule has 1 saturated carbocycles. The molecule has 102 valence electrons. The molecule has 18 heavy (non-hydrogen) atoms. The summed E-state index contributed by atoms with van der Waals surface area (Å²) in [5.74, 6) is -1.01. The highest BCUT2D eigenvalue weighted by Crippen LogP contribution is 2.28. The Morgan fingerprint density at radius 2 is 1.94 bits per heavy atom. The van der Waals surface area contributed by atoms with Crippen LogP contribution in [0.3, 0.4) is 0 Å². The molecule has 2 fully saturated rings. The summed E-state index contributed by atoms with van der Waals surface area (Å²) in [5, 5.41) is 15.4. The Hall–Kier alpha value is -1.10. The Morgan fingerprint density at radius 1 is 1.22 bits per heavy atom. The fourth-order valence-electron chi connectivity index (χ4n) is 3.02. The third-order valence-electron chi connectivity index (χ3n) is 4.09. The molecule has 0 aromatic rings. The number of aliphatic carboxylic acids is 1. The second-order valence-electron chi connectivity index (χ2n) is 5.49. The van der Waals surface area contributed by atoms with E-state index in [1.165, 1.54) is 0 Å². The lowest BCUT2D eigenvalue weighted by molar-refractivity contribution is -0.149. The Kier molecular flexibility index (Phi) is 4.22. The number of amides is 1. The molecular weight excluding hydrogens is 232 g/mol. The lowest BCUT2D eigenvalue weighted by Crippen LogP contribution is -2.56. The van der Waals surface area contributed by atoms with E-state index in [2.05, 4.69) is 10.6 Å². The van der Waals surface area contributed by atoms with Gasteiger partial charge in [0, 0.05) is 12.5 Å². The Labute approximate surface area is 107 Å². The molecule has 1 amide bonds. The standard InChI is InChI=1S/C13H22N2O3/c16-11(9-10-5-4-8-14-10)15-13(12(17)18)6-2-1-3-7-13/h10,14H,1-9H2,(H,15,16)(H,17,18). The van der Waals surface area contributed by atoms with Crippen LogP contribution in [0.5, 0.6) is 0 Å². The van der Waals surface area contributed by atoms with Gasteiger partial charge in [0.2, 0.25) is 5.91 Å². The predicted octanol–water partition coefficient (Wildman–Crippen LogP) is 1.03. The zero-order valence-electron chi connectivity index (χ0n) is 10.7. The zero-order chi connectivity index (χ0) is 13.0. The minimum Gasteiger partial charge on any atom is -0.480 e. The monoisotopic (exact) mass is 254 g/mol. The second-order valence-corrected chi connectivity index (χ2v) is 5.49. The van der Waals surface area contributed by atoms with Crippen molar-refractivity contribution in [3.8, 4) is 0 Å². The molecule has 5 nitrogen and oxygen atoms in total. The van der Waals surface area contributed by atoms with Crippen molar-refractivity contribution in [1.29, 1.82) is 0 Å². The maximum absolute atomic E-state index is 12.0. The number of rotatable bonds is 4. The number of nitrogens with one attached hydrogen (secondary N) is 2. The Bertz CT molecular complexity index is 318. The summed E-state index contributed by atoms with van der Waals surface area (Å²) in [6, 6.07) is 0.222. The molecule has 1 saturated heterocycles. The van der Waals surface area contributed by atoms with Gasteiger partial charge in [0.15, 0.2) is 0 Å². The molecule has 2 rings (SSSR count). The van der Waals surface area contributed by atoms with Crippen molar-refractivity contribution in [1.82, 2.24) is 10.6 Å². The van der Waals surface area contributed by atoms with Crippen LogP contribution >= 0.6 is 0 Å². The van der Waals surface area contributed by atoms with Gasteiger partial charge in [-0.05, 0) is 32.2 Å². The van der Waals surface area contributed by atoms with E-state index >= 15 is 0 Å². The topological polar surface area (TPSA) is 78.4 Å². The number of carboxylic acids is 1. The lowest BCUT2D eigenvalue weighted by atomic mass is 9.81. The van der Waals surface area contributed by atoms with Gasteiger partial charge in [-0.3, -0.25) is 4.79 Å². The van der Waals surface area contributed by atoms with Gasteiger partial charge in [-0.15, -0.1) is 0 Å². The summed E-state index contributed by atoms with van der Waals surface area (Å²) >= 11 is 0. The number of carboxylic acid groups (broad SMARTS) is 1. The van der Waals surface area contributed by atoms with Gasteiger partial charge in [0.25, 0.3) is 0 Å². The summed E-state index contributed by atoms with van der Waals surface area (Å²) < 4.78 is 0. The molecular formula is C13H22N2O3. The van der Waals surface area contributed by atoms with E-state index in [-0.39, 0.29) is 11.9 Å². The summed E-state index contributed by atoms with van der Waals surface area (Å²) in [4.78, 5) is 23.4. The smallest absolute Gasteiger partial charge is 0.329 e. The van der Waals surface area contributed by atoms with Crippen LogP contribution in [0, 0.1) is 0 Å². The van der Waals surface area contributed by atoms with E-state index in [9.17, 15) is 14.7 Å². The first-order chi connectivity index (χ1) is 8.62. The van der Waals surface area contributed by atoms with E-state index in [0.717, 1.165) is 38.6 Å². The van der Waals surface area contributed by atoms with Gasteiger partial charge in [0.05, 0.1) is 0 Å². The van der Waals surface area contributed by atoms with Crippen LogP contribution in [0.25, 0.3) is 0 Å². The van der Waals surface area contributed by atoms with Crippen molar-refractivity contribution < 1.29 is 14.7 Å². The van der Waals surface area contributed by atoms with E-state index in [0.29, 0.717) is 19.3 Å². The third kappa shape index (κ3) is 3.02. The molecule has 0 aromatic carbocycles. The summed E-state index contributed by atoms with van der Waals surface area (Å²) in [6.45, 7) is 0.960. The molecule has 1 atom stereocenters. The van der Waals surface area contributed by atoms with E-state index in [1.54, 1.807) is 0 Å². The van der Waals surface area contributed by atoms with Gasteiger partial charge < -0.3 is 15.7 Å². The molecule has 1 aliphatic carbocycles. The van der Waals surface area contributed by atoms with Crippen molar-refractivity contribution >= 4 is 11.9 Å². The summed E-state index contributed by atoms with van der Waals surface area (Å²) in [5.41, 5.74) is -1.01.